The van der Waals surface area contributed by atoms with Gasteiger partial charge >= 0.3 is 5.97 Å². The van der Waals surface area contributed by atoms with Gasteiger partial charge in [0.25, 0.3) is 0 Å². The number of hydrogen-bond acceptors (Lipinski definition) is 5. The Morgan fingerprint density at radius 3 is 2.96 bits per heavy atom. The second-order valence-corrected chi connectivity index (χ2v) is 6.94. The summed E-state index contributed by atoms with van der Waals surface area (Å²) in [7, 11) is 0. The number of fused-ring (bicyclic) bond motifs is 2. The van der Waals surface area contributed by atoms with Crippen LogP contribution in [0, 0.1) is 11.3 Å². The van der Waals surface area contributed by atoms with Crippen molar-refractivity contribution in [2.75, 3.05) is 19.7 Å². The molecule has 2 aliphatic rings. The zero-order chi connectivity index (χ0) is 18.1. The molecule has 4 rings (SSSR count). The van der Waals surface area contributed by atoms with Crippen molar-refractivity contribution in [3.63, 3.8) is 0 Å². The largest absolute Gasteiger partial charge is 0.493 e. The molecular weight excluding hydrogens is 336 g/mol. The van der Waals surface area contributed by atoms with Gasteiger partial charge in [0.05, 0.1) is 18.6 Å². The molecule has 8 heteroatoms. The Hall–Kier alpha value is -2.90. The molecule has 2 atom stereocenters. The number of aliphatic carboxylic acids is 1. The number of ether oxygens (including phenoxy) is 1. The Morgan fingerprint density at radius 2 is 2.19 bits per heavy atom. The van der Waals surface area contributed by atoms with Crippen LogP contribution in [0.15, 0.2) is 36.9 Å². The highest BCUT2D eigenvalue weighted by Crippen LogP contribution is 2.44. The molecule has 0 bridgehead atoms. The number of carbonyl (C=O) groups is 2. The zero-order valence-electron chi connectivity index (χ0n) is 14.2. The maximum atomic E-state index is 12.6. The van der Waals surface area contributed by atoms with Crippen LogP contribution < -0.4 is 4.74 Å². The van der Waals surface area contributed by atoms with Gasteiger partial charge in [0, 0.05) is 25.4 Å². The number of carboxylic acids is 1. The van der Waals surface area contributed by atoms with Gasteiger partial charge in [0.1, 0.15) is 18.4 Å². The average molecular weight is 356 g/mol. The SMILES string of the molecule is O=C(CCn1cncn1)N1CC2COc3ccccc3CC2(C(=O)O)C1. The van der Waals surface area contributed by atoms with Crippen LogP contribution >= 0.6 is 0 Å². The third kappa shape index (κ3) is 2.81. The molecule has 26 heavy (non-hydrogen) atoms. The number of rotatable bonds is 4. The number of benzene rings is 1. The molecule has 1 N–H and O–H groups in total. The lowest BCUT2D eigenvalue weighted by atomic mass is 9.74. The maximum absolute atomic E-state index is 12.6. The second-order valence-electron chi connectivity index (χ2n) is 6.94. The fourth-order valence-corrected chi connectivity index (χ4v) is 3.93. The lowest BCUT2D eigenvalue weighted by Gasteiger charge is -2.27. The van der Waals surface area contributed by atoms with Crippen molar-refractivity contribution in [1.29, 1.82) is 0 Å². The highest BCUT2D eigenvalue weighted by Gasteiger charge is 2.55. The van der Waals surface area contributed by atoms with Crippen LogP contribution in [0.5, 0.6) is 5.75 Å². The van der Waals surface area contributed by atoms with Gasteiger partial charge in [-0.2, -0.15) is 5.10 Å². The first kappa shape index (κ1) is 16.6. The smallest absolute Gasteiger partial charge is 0.312 e. The molecule has 1 aromatic heterocycles. The minimum atomic E-state index is -1.00. The molecule has 136 valence electrons. The summed E-state index contributed by atoms with van der Waals surface area (Å²) < 4.78 is 7.46. The van der Waals surface area contributed by atoms with Crippen molar-refractivity contribution in [1.82, 2.24) is 19.7 Å². The lowest BCUT2D eigenvalue weighted by Crippen LogP contribution is -2.42. The Bertz CT molecular complexity index is 822. The van der Waals surface area contributed by atoms with Gasteiger partial charge in [-0.25, -0.2) is 4.98 Å². The van der Waals surface area contributed by atoms with E-state index in [9.17, 15) is 14.7 Å². The van der Waals surface area contributed by atoms with Gasteiger partial charge in [-0.1, -0.05) is 18.2 Å². The predicted octanol–water partition coefficient (Wildman–Crippen LogP) is 0.833. The van der Waals surface area contributed by atoms with Crippen molar-refractivity contribution >= 4 is 11.9 Å². The van der Waals surface area contributed by atoms with Crippen LogP contribution in [0.1, 0.15) is 12.0 Å². The molecule has 0 aliphatic carbocycles. The van der Waals surface area contributed by atoms with Gasteiger partial charge in [0.15, 0.2) is 0 Å². The van der Waals surface area contributed by atoms with E-state index >= 15 is 0 Å². The third-order valence-electron chi connectivity index (χ3n) is 5.41. The van der Waals surface area contributed by atoms with E-state index in [1.165, 1.54) is 6.33 Å². The van der Waals surface area contributed by atoms with E-state index in [0.29, 0.717) is 26.1 Å². The first-order valence-corrected chi connectivity index (χ1v) is 8.63. The molecule has 8 nitrogen and oxygen atoms in total. The summed E-state index contributed by atoms with van der Waals surface area (Å²) in [5.41, 5.74) is -0.121. The lowest BCUT2D eigenvalue weighted by molar-refractivity contribution is -0.151. The van der Waals surface area contributed by atoms with Gasteiger partial charge in [-0.15, -0.1) is 0 Å². The Morgan fingerprint density at radius 1 is 1.35 bits per heavy atom. The van der Waals surface area contributed by atoms with Crippen LogP contribution in [0.25, 0.3) is 0 Å². The minimum Gasteiger partial charge on any atom is -0.493 e. The quantitative estimate of drug-likeness (QED) is 0.872. The number of para-hydroxylation sites is 1. The Balaban J connectivity index is 1.53. The predicted molar refractivity (Wildman–Crippen MR) is 90.4 cm³/mol. The summed E-state index contributed by atoms with van der Waals surface area (Å²) in [4.78, 5) is 30.3. The van der Waals surface area contributed by atoms with E-state index in [4.69, 9.17) is 4.74 Å². The van der Waals surface area contributed by atoms with Gasteiger partial charge in [0.2, 0.25) is 5.91 Å². The topological polar surface area (TPSA) is 97.5 Å². The maximum Gasteiger partial charge on any atom is 0.312 e. The number of carbonyl (C=O) groups excluding carboxylic acids is 1. The molecule has 1 aromatic carbocycles. The number of carboxylic acid groups (broad SMARTS) is 1. The van der Waals surface area contributed by atoms with E-state index in [2.05, 4.69) is 10.1 Å². The normalized spacial score (nSPS) is 24.3. The molecule has 3 heterocycles. The molecule has 2 aromatic rings. The van der Waals surface area contributed by atoms with Crippen LogP contribution in [-0.4, -0.2) is 56.3 Å². The number of aromatic nitrogens is 3. The van der Waals surface area contributed by atoms with E-state index in [1.807, 2.05) is 24.3 Å². The summed E-state index contributed by atoms with van der Waals surface area (Å²) >= 11 is 0. The van der Waals surface area contributed by atoms with Crippen molar-refractivity contribution in [2.24, 2.45) is 11.3 Å². The highest BCUT2D eigenvalue weighted by atomic mass is 16.5. The molecule has 2 aliphatic heterocycles. The van der Waals surface area contributed by atoms with Crippen LogP contribution in [0.3, 0.4) is 0 Å². The molecule has 0 radical (unpaired) electrons. The Labute approximate surface area is 150 Å². The van der Waals surface area contributed by atoms with E-state index in [1.54, 1.807) is 15.9 Å². The minimum absolute atomic E-state index is 0.0671. The summed E-state index contributed by atoms with van der Waals surface area (Å²) in [5.74, 6) is -0.425. The van der Waals surface area contributed by atoms with Crippen molar-refractivity contribution < 1.29 is 19.4 Å². The molecular formula is C18H20N4O4. The summed E-state index contributed by atoms with van der Waals surface area (Å²) in [6, 6.07) is 7.53. The van der Waals surface area contributed by atoms with Crippen molar-refractivity contribution in [3.8, 4) is 5.75 Å². The summed E-state index contributed by atoms with van der Waals surface area (Å²) in [5, 5.41) is 14.0. The second kappa shape index (κ2) is 6.44. The number of amides is 1. The molecule has 1 fully saturated rings. The Kier molecular flexibility index (Phi) is 4.10. The molecule has 0 spiro atoms. The van der Waals surface area contributed by atoms with Gasteiger partial charge in [-0.3, -0.25) is 14.3 Å². The van der Waals surface area contributed by atoms with Gasteiger partial charge in [-0.05, 0) is 18.1 Å². The third-order valence-corrected chi connectivity index (χ3v) is 5.41. The zero-order valence-corrected chi connectivity index (χ0v) is 14.2. The standard InChI is InChI=1S/C18H20N4O4/c23-16(5-6-22-12-19-11-20-22)21-8-14-9-26-15-4-2-1-3-13(15)7-18(14,10-21)17(24)25/h1-4,11-12,14H,5-10H2,(H,24,25). The number of likely N-dealkylation sites (tertiary alicyclic amines) is 1. The highest BCUT2D eigenvalue weighted by molar-refractivity contribution is 5.81. The molecule has 2 unspecified atom stereocenters. The number of aryl methyl sites for hydroxylation is 1. The van der Waals surface area contributed by atoms with Crippen molar-refractivity contribution in [2.45, 2.75) is 19.4 Å². The monoisotopic (exact) mass is 356 g/mol. The van der Waals surface area contributed by atoms with Crippen LogP contribution in [-0.2, 0) is 22.6 Å². The molecule has 1 saturated heterocycles. The van der Waals surface area contributed by atoms with E-state index in [-0.39, 0.29) is 24.8 Å². The summed E-state index contributed by atoms with van der Waals surface area (Å²) in [6.45, 7) is 1.34. The molecule has 0 saturated carbocycles. The fraction of sp³-hybridized carbons (Fsp3) is 0.444. The van der Waals surface area contributed by atoms with Crippen LogP contribution in [0.2, 0.25) is 0 Å². The van der Waals surface area contributed by atoms with Crippen molar-refractivity contribution in [3.05, 3.63) is 42.5 Å². The molecule has 1 amide bonds. The first-order valence-electron chi connectivity index (χ1n) is 8.63. The van der Waals surface area contributed by atoms with E-state index in [0.717, 1.165) is 11.3 Å². The summed E-state index contributed by atoms with van der Waals surface area (Å²) in [6.07, 6.45) is 3.62. The van der Waals surface area contributed by atoms with Crippen LogP contribution in [0.4, 0.5) is 0 Å². The number of hydrogen-bond donors (Lipinski definition) is 1. The van der Waals surface area contributed by atoms with Gasteiger partial charge < -0.3 is 14.7 Å². The fourth-order valence-electron chi connectivity index (χ4n) is 3.93. The first-order chi connectivity index (χ1) is 12.6. The van der Waals surface area contributed by atoms with E-state index < -0.39 is 11.4 Å². The average Bonchev–Trinajstić information content (AvgIpc) is 3.25. The number of nitrogens with zero attached hydrogens (tertiary/aromatic N) is 4.